The number of rotatable bonds is 3. The van der Waals surface area contributed by atoms with Crippen molar-refractivity contribution in [2.45, 2.75) is 13.5 Å². The van der Waals surface area contributed by atoms with Gasteiger partial charge in [0.2, 0.25) is 0 Å². The van der Waals surface area contributed by atoms with Gasteiger partial charge in [0.15, 0.2) is 0 Å². The topological polar surface area (TPSA) is 58.3 Å². The monoisotopic (exact) mass is 284 g/mol. The first-order valence-corrected chi connectivity index (χ1v) is 6.62. The molecule has 0 bridgehead atoms. The summed E-state index contributed by atoms with van der Waals surface area (Å²) in [6.07, 6.45) is 0. The summed E-state index contributed by atoms with van der Waals surface area (Å²) in [5.74, 6) is 0.337. The lowest BCUT2D eigenvalue weighted by atomic mass is 9.79. The van der Waals surface area contributed by atoms with Crippen LogP contribution < -0.4 is 5.46 Å². The zero-order valence-electron chi connectivity index (χ0n) is 11.5. The number of para-hydroxylation sites is 2. The van der Waals surface area contributed by atoms with Crippen LogP contribution in [0, 0.1) is 12.7 Å². The Balaban J connectivity index is 2.04. The third-order valence-corrected chi connectivity index (χ3v) is 3.46. The van der Waals surface area contributed by atoms with Crippen molar-refractivity contribution < 1.29 is 14.4 Å². The van der Waals surface area contributed by atoms with Crippen LogP contribution in [-0.4, -0.2) is 26.7 Å². The average molecular weight is 284 g/mol. The van der Waals surface area contributed by atoms with Crippen molar-refractivity contribution in [3.05, 3.63) is 59.7 Å². The minimum atomic E-state index is -1.68. The summed E-state index contributed by atoms with van der Waals surface area (Å²) < 4.78 is 15.6. The smallest absolute Gasteiger partial charge is 0.423 e. The van der Waals surface area contributed by atoms with Crippen LogP contribution in [0.4, 0.5) is 4.39 Å². The van der Waals surface area contributed by atoms with Gasteiger partial charge in [-0.15, -0.1) is 0 Å². The molecule has 0 unspecified atom stereocenters. The fraction of sp³-hybridized carbons (Fsp3) is 0.133. The quantitative estimate of drug-likeness (QED) is 0.711. The molecule has 2 N–H and O–H groups in total. The van der Waals surface area contributed by atoms with Crippen molar-refractivity contribution in [1.29, 1.82) is 0 Å². The second-order valence-corrected chi connectivity index (χ2v) is 5.00. The molecule has 106 valence electrons. The average Bonchev–Trinajstić information content (AvgIpc) is 2.75. The zero-order chi connectivity index (χ0) is 15.0. The molecule has 0 aliphatic rings. The number of fused-ring (bicyclic) bond motifs is 1. The Morgan fingerprint density at radius 1 is 1.19 bits per heavy atom. The molecule has 0 aliphatic heterocycles. The Morgan fingerprint density at radius 2 is 1.95 bits per heavy atom. The van der Waals surface area contributed by atoms with Gasteiger partial charge in [-0.1, -0.05) is 18.2 Å². The molecule has 0 radical (unpaired) electrons. The fourth-order valence-electron chi connectivity index (χ4n) is 2.49. The summed E-state index contributed by atoms with van der Waals surface area (Å²) >= 11 is 0. The number of nitrogens with zero attached hydrogens (tertiary/aromatic N) is 2. The number of benzene rings is 2. The van der Waals surface area contributed by atoms with E-state index in [9.17, 15) is 14.4 Å². The third-order valence-electron chi connectivity index (χ3n) is 3.46. The lowest BCUT2D eigenvalue weighted by molar-refractivity contribution is 0.425. The Kier molecular flexibility index (Phi) is 3.49. The molecule has 3 aromatic rings. The molecule has 0 atom stereocenters. The first-order chi connectivity index (χ1) is 10.0. The van der Waals surface area contributed by atoms with Gasteiger partial charge in [-0.25, -0.2) is 9.37 Å². The molecule has 0 fully saturated rings. The van der Waals surface area contributed by atoms with Crippen molar-refractivity contribution in [1.82, 2.24) is 9.55 Å². The minimum absolute atomic E-state index is 0.145. The van der Waals surface area contributed by atoms with Gasteiger partial charge in [-0.05, 0) is 42.2 Å². The molecule has 0 spiro atoms. The molecular weight excluding hydrogens is 270 g/mol. The molecule has 1 heterocycles. The van der Waals surface area contributed by atoms with Gasteiger partial charge in [-0.2, -0.15) is 0 Å². The van der Waals surface area contributed by atoms with Crippen LogP contribution in [0.5, 0.6) is 0 Å². The Hall–Kier alpha value is -2.18. The Morgan fingerprint density at radius 3 is 2.71 bits per heavy atom. The summed E-state index contributed by atoms with van der Waals surface area (Å²) in [7, 11) is -1.68. The maximum atomic E-state index is 13.6. The van der Waals surface area contributed by atoms with Gasteiger partial charge >= 0.3 is 7.12 Å². The van der Waals surface area contributed by atoms with E-state index in [0.29, 0.717) is 12.1 Å². The second kappa shape index (κ2) is 5.31. The third kappa shape index (κ3) is 2.68. The maximum absolute atomic E-state index is 13.6. The van der Waals surface area contributed by atoms with Gasteiger partial charge in [0, 0.05) is 6.54 Å². The van der Waals surface area contributed by atoms with Crippen molar-refractivity contribution in [3.63, 3.8) is 0 Å². The summed E-state index contributed by atoms with van der Waals surface area (Å²) in [4.78, 5) is 4.46. The molecule has 6 heteroatoms. The van der Waals surface area contributed by atoms with Crippen molar-refractivity contribution in [3.8, 4) is 0 Å². The van der Waals surface area contributed by atoms with E-state index in [2.05, 4.69) is 4.98 Å². The number of aromatic nitrogens is 2. The van der Waals surface area contributed by atoms with E-state index in [1.807, 2.05) is 35.8 Å². The van der Waals surface area contributed by atoms with Crippen LogP contribution in [-0.2, 0) is 6.54 Å². The molecule has 2 aromatic carbocycles. The summed E-state index contributed by atoms with van der Waals surface area (Å²) in [5.41, 5.74) is 2.65. The van der Waals surface area contributed by atoms with Crippen LogP contribution in [0.1, 0.15) is 11.4 Å². The van der Waals surface area contributed by atoms with Crippen LogP contribution in [0.3, 0.4) is 0 Å². The van der Waals surface area contributed by atoms with E-state index in [1.165, 1.54) is 6.07 Å². The summed E-state index contributed by atoms with van der Waals surface area (Å²) in [6.45, 7) is 2.31. The molecule has 4 nitrogen and oxygen atoms in total. The predicted octanol–water partition coefficient (Wildman–Crippen LogP) is 1.21. The Bertz CT molecular complexity index is 801. The van der Waals surface area contributed by atoms with Crippen LogP contribution in [0.15, 0.2) is 42.5 Å². The second-order valence-electron chi connectivity index (χ2n) is 5.00. The highest BCUT2D eigenvalue weighted by Gasteiger charge is 2.14. The summed E-state index contributed by atoms with van der Waals surface area (Å²) in [5, 5.41) is 18.4. The number of hydrogen-bond donors (Lipinski definition) is 2. The van der Waals surface area contributed by atoms with Gasteiger partial charge in [0.1, 0.15) is 11.6 Å². The van der Waals surface area contributed by atoms with E-state index < -0.39 is 12.9 Å². The van der Waals surface area contributed by atoms with Gasteiger partial charge in [0.25, 0.3) is 0 Å². The van der Waals surface area contributed by atoms with E-state index in [-0.39, 0.29) is 5.46 Å². The predicted molar refractivity (Wildman–Crippen MR) is 79.8 cm³/mol. The highest BCUT2D eigenvalue weighted by Crippen LogP contribution is 2.17. The lowest BCUT2D eigenvalue weighted by Crippen LogP contribution is -2.30. The standard InChI is InChI=1S/C15H14BFN2O2/c1-10-18-14-4-2-3-5-15(14)19(10)9-11-6-12(16(20)21)8-13(17)7-11/h2-8,20-21H,9H2,1H3. The lowest BCUT2D eigenvalue weighted by Gasteiger charge is -2.09. The van der Waals surface area contributed by atoms with Crippen molar-refractivity contribution in [2.24, 2.45) is 0 Å². The SMILES string of the molecule is Cc1nc2ccccc2n1Cc1cc(F)cc(B(O)O)c1. The highest BCUT2D eigenvalue weighted by molar-refractivity contribution is 6.58. The molecule has 0 saturated carbocycles. The number of aryl methyl sites for hydroxylation is 1. The largest absolute Gasteiger partial charge is 0.488 e. The van der Waals surface area contributed by atoms with Crippen molar-refractivity contribution in [2.75, 3.05) is 0 Å². The maximum Gasteiger partial charge on any atom is 0.488 e. The summed E-state index contributed by atoms with van der Waals surface area (Å²) in [6, 6.07) is 11.8. The minimum Gasteiger partial charge on any atom is -0.423 e. The molecule has 21 heavy (non-hydrogen) atoms. The Labute approximate surface area is 121 Å². The first kappa shape index (κ1) is 13.8. The molecule has 0 amide bonds. The van der Waals surface area contributed by atoms with Gasteiger partial charge in [0.05, 0.1) is 11.0 Å². The van der Waals surface area contributed by atoms with E-state index >= 15 is 0 Å². The van der Waals surface area contributed by atoms with Crippen LogP contribution in [0.2, 0.25) is 0 Å². The van der Waals surface area contributed by atoms with E-state index in [1.54, 1.807) is 6.07 Å². The highest BCUT2D eigenvalue weighted by atomic mass is 19.1. The van der Waals surface area contributed by atoms with Gasteiger partial charge < -0.3 is 14.6 Å². The van der Waals surface area contributed by atoms with E-state index in [4.69, 9.17) is 0 Å². The zero-order valence-corrected chi connectivity index (χ0v) is 11.5. The first-order valence-electron chi connectivity index (χ1n) is 6.62. The molecule has 0 saturated heterocycles. The van der Waals surface area contributed by atoms with Crippen molar-refractivity contribution >= 4 is 23.6 Å². The van der Waals surface area contributed by atoms with E-state index in [0.717, 1.165) is 22.9 Å². The number of halogens is 1. The molecule has 0 aliphatic carbocycles. The molecule has 3 rings (SSSR count). The molecular formula is C15H14BFN2O2. The van der Waals surface area contributed by atoms with Crippen LogP contribution in [0.25, 0.3) is 11.0 Å². The van der Waals surface area contributed by atoms with Gasteiger partial charge in [-0.3, -0.25) is 0 Å². The number of imidazole rings is 1. The van der Waals surface area contributed by atoms with Crippen LogP contribution >= 0.6 is 0 Å². The number of hydrogen-bond acceptors (Lipinski definition) is 3. The fourth-order valence-corrected chi connectivity index (χ4v) is 2.49. The molecule has 1 aromatic heterocycles. The normalized spacial score (nSPS) is 11.0.